The summed E-state index contributed by atoms with van der Waals surface area (Å²) in [5, 5.41) is 12.6. The molecule has 0 unspecified atom stereocenters. The minimum Gasteiger partial charge on any atom is -0.385 e. The Bertz CT molecular complexity index is 651. The quantitative estimate of drug-likeness (QED) is 0.794. The van der Waals surface area contributed by atoms with E-state index in [1.54, 1.807) is 11.7 Å². The highest BCUT2D eigenvalue weighted by Crippen LogP contribution is 2.23. The largest absolute Gasteiger partial charge is 0.385 e. The van der Waals surface area contributed by atoms with Crippen LogP contribution in [0.5, 0.6) is 0 Å². The second-order valence-electron chi connectivity index (χ2n) is 4.63. The summed E-state index contributed by atoms with van der Waals surface area (Å²) in [4.78, 5) is 12.6. The highest BCUT2D eigenvalue weighted by atomic mass is 32.1. The Balaban J connectivity index is 2.31. The van der Waals surface area contributed by atoms with E-state index in [1.165, 1.54) is 11.3 Å². The summed E-state index contributed by atoms with van der Waals surface area (Å²) in [7, 11) is 1.66. The molecule has 7 heteroatoms. The van der Waals surface area contributed by atoms with Gasteiger partial charge in [0.05, 0.1) is 5.56 Å². The maximum absolute atomic E-state index is 12.6. The Kier molecular flexibility index (Phi) is 5.46. The van der Waals surface area contributed by atoms with Crippen molar-refractivity contribution in [2.24, 2.45) is 0 Å². The number of nitrogens with zero attached hydrogens (tertiary/aromatic N) is 3. The van der Waals surface area contributed by atoms with E-state index in [1.807, 2.05) is 26.0 Å². The molecule has 0 aromatic carbocycles. The third kappa shape index (κ3) is 3.68. The lowest BCUT2D eigenvalue weighted by atomic mass is 10.2. The first-order chi connectivity index (χ1) is 10.2. The number of anilines is 1. The van der Waals surface area contributed by atoms with E-state index < -0.39 is 0 Å². The van der Waals surface area contributed by atoms with Crippen LogP contribution in [0.15, 0.2) is 16.9 Å². The fourth-order valence-electron chi connectivity index (χ4n) is 2.03. The van der Waals surface area contributed by atoms with Crippen molar-refractivity contribution < 1.29 is 4.74 Å². The van der Waals surface area contributed by atoms with Gasteiger partial charge in [0, 0.05) is 32.5 Å². The summed E-state index contributed by atoms with van der Waals surface area (Å²) in [6.07, 6.45) is 0.805. The maximum Gasteiger partial charge on any atom is 0.261 e. The number of hydrogen-bond donors (Lipinski definition) is 1. The van der Waals surface area contributed by atoms with Gasteiger partial charge in [0.2, 0.25) is 5.13 Å². The minimum atomic E-state index is -0.0229. The predicted molar refractivity (Wildman–Crippen MR) is 85.0 cm³/mol. The van der Waals surface area contributed by atoms with E-state index in [2.05, 4.69) is 15.5 Å². The number of pyridine rings is 1. The summed E-state index contributed by atoms with van der Waals surface area (Å²) < 4.78 is 6.81. The van der Waals surface area contributed by atoms with Crippen LogP contribution in [0.4, 0.5) is 5.13 Å². The number of nitrogens with one attached hydrogen (secondary N) is 1. The van der Waals surface area contributed by atoms with Crippen molar-refractivity contribution in [2.75, 3.05) is 25.6 Å². The molecule has 2 aromatic rings. The molecule has 2 aromatic heterocycles. The van der Waals surface area contributed by atoms with Gasteiger partial charge in [-0.15, -0.1) is 10.2 Å². The molecule has 0 aliphatic rings. The van der Waals surface area contributed by atoms with E-state index in [9.17, 15) is 4.79 Å². The Hall–Kier alpha value is -1.73. The first kappa shape index (κ1) is 15.7. The van der Waals surface area contributed by atoms with Gasteiger partial charge in [-0.2, -0.15) is 0 Å². The summed E-state index contributed by atoms with van der Waals surface area (Å²) in [6, 6.07) is 3.76. The van der Waals surface area contributed by atoms with Crippen LogP contribution < -0.4 is 10.9 Å². The molecule has 0 aliphatic carbocycles. The summed E-state index contributed by atoms with van der Waals surface area (Å²) >= 11 is 1.40. The molecule has 0 saturated heterocycles. The van der Waals surface area contributed by atoms with Gasteiger partial charge in [-0.25, -0.2) is 0 Å². The number of rotatable bonds is 7. The molecular formula is C14H20N4O2S. The molecule has 6 nitrogen and oxygen atoms in total. The molecule has 0 spiro atoms. The molecule has 0 saturated carbocycles. The SMILES string of the molecule is CCNc1nnc(-c2ccc(C)n(CCCOC)c2=O)s1. The summed E-state index contributed by atoms with van der Waals surface area (Å²) in [5.74, 6) is 0. The van der Waals surface area contributed by atoms with Gasteiger partial charge in [-0.05, 0) is 32.4 Å². The molecule has 0 aliphatic heterocycles. The van der Waals surface area contributed by atoms with E-state index in [4.69, 9.17) is 4.74 Å². The molecule has 0 atom stereocenters. The minimum absolute atomic E-state index is 0.0229. The third-order valence-electron chi connectivity index (χ3n) is 3.11. The van der Waals surface area contributed by atoms with E-state index in [0.29, 0.717) is 23.7 Å². The number of methoxy groups -OCH3 is 1. The smallest absolute Gasteiger partial charge is 0.261 e. The fourth-order valence-corrected chi connectivity index (χ4v) is 2.86. The van der Waals surface area contributed by atoms with Crippen molar-refractivity contribution in [3.8, 4) is 10.6 Å². The normalized spacial score (nSPS) is 10.8. The molecule has 2 rings (SSSR count). The maximum atomic E-state index is 12.6. The van der Waals surface area contributed by atoms with Crippen molar-refractivity contribution >= 4 is 16.5 Å². The van der Waals surface area contributed by atoms with Gasteiger partial charge in [0.15, 0.2) is 5.01 Å². The Morgan fingerprint density at radius 3 is 2.90 bits per heavy atom. The molecule has 0 bridgehead atoms. The highest BCUT2D eigenvalue weighted by Gasteiger charge is 2.13. The van der Waals surface area contributed by atoms with Crippen LogP contribution in [0.3, 0.4) is 0 Å². The number of ether oxygens (including phenoxy) is 1. The zero-order valence-corrected chi connectivity index (χ0v) is 13.4. The molecule has 114 valence electrons. The van der Waals surface area contributed by atoms with Crippen LogP contribution >= 0.6 is 11.3 Å². The first-order valence-corrected chi connectivity index (χ1v) is 7.76. The Morgan fingerprint density at radius 2 is 2.19 bits per heavy atom. The van der Waals surface area contributed by atoms with E-state index in [0.717, 1.165) is 23.8 Å². The van der Waals surface area contributed by atoms with Crippen LogP contribution in [0.25, 0.3) is 10.6 Å². The predicted octanol–water partition coefficient (Wildman–Crippen LogP) is 2.14. The Morgan fingerprint density at radius 1 is 1.38 bits per heavy atom. The monoisotopic (exact) mass is 308 g/mol. The second-order valence-corrected chi connectivity index (χ2v) is 5.61. The standard InChI is InChI=1S/C14H20N4O2S/c1-4-15-14-17-16-12(21-14)11-7-6-10(2)18(13(11)19)8-5-9-20-3/h6-7H,4-5,8-9H2,1-3H3,(H,15,17). The van der Waals surface area contributed by atoms with Crippen molar-refractivity contribution in [1.29, 1.82) is 0 Å². The zero-order chi connectivity index (χ0) is 15.2. The highest BCUT2D eigenvalue weighted by molar-refractivity contribution is 7.18. The van der Waals surface area contributed by atoms with Crippen molar-refractivity contribution in [1.82, 2.24) is 14.8 Å². The van der Waals surface area contributed by atoms with Crippen LogP contribution in [0.1, 0.15) is 19.0 Å². The van der Waals surface area contributed by atoms with Crippen LogP contribution in [-0.2, 0) is 11.3 Å². The average molecular weight is 308 g/mol. The van der Waals surface area contributed by atoms with Gasteiger partial charge in [-0.3, -0.25) is 4.79 Å². The molecule has 1 N–H and O–H groups in total. The molecule has 0 radical (unpaired) electrons. The summed E-state index contributed by atoms with van der Waals surface area (Å²) in [5.41, 5.74) is 1.52. The summed E-state index contributed by atoms with van der Waals surface area (Å²) in [6.45, 7) is 5.99. The van der Waals surface area contributed by atoms with Crippen LogP contribution in [0, 0.1) is 6.92 Å². The van der Waals surface area contributed by atoms with Gasteiger partial charge in [-0.1, -0.05) is 11.3 Å². The first-order valence-electron chi connectivity index (χ1n) is 6.94. The van der Waals surface area contributed by atoms with Gasteiger partial charge >= 0.3 is 0 Å². The van der Waals surface area contributed by atoms with Crippen molar-refractivity contribution in [3.05, 3.63) is 28.2 Å². The molecule has 0 amide bonds. The van der Waals surface area contributed by atoms with Gasteiger partial charge < -0.3 is 14.6 Å². The average Bonchev–Trinajstić information content (AvgIpc) is 2.91. The topological polar surface area (TPSA) is 69.0 Å². The van der Waals surface area contributed by atoms with Gasteiger partial charge in [0.1, 0.15) is 0 Å². The molecular weight excluding hydrogens is 288 g/mol. The van der Waals surface area contributed by atoms with Crippen LogP contribution in [0.2, 0.25) is 0 Å². The second kappa shape index (κ2) is 7.33. The van der Waals surface area contributed by atoms with E-state index in [-0.39, 0.29) is 5.56 Å². The van der Waals surface area contributed by atoms with Crippen LogP contribution in [-0.4, -0.2) is 35.0 Å². The third-order valence-corrected chi connectivity index (χ3v) is 4.02. The van der Waals surface area contributed by atoms with E-state index >= 15 is 0 Å². The fraction of sp³-hybridized carbons (Fsp3) is 0.500. The Labute approximate surface area is 127 Å². The lowest BCUT2D eigenvalue weighted by Gasteiger charge is -2.10. The van der Waals surface area contributed by atoms with Gasteiger partial charge in [0.25, 0.3) is 5.56 Å². The van der Waals surface area contributed by atoms with Crippen molar-refractivity contribution in [2.45, 2.75) is 26.8 Å². The zero-order valence-electron chi connectivity index (χ0n) is 12.5. The molecule has 21 heavy (non-hydrogen) atoms. The number of hydrogen-bond acceptors (Lipinski definition) is 6. The number of aromatic nitrogens is 3. The molecule has 2 heterocycles. The molecule has 0 fully saturated rings. The van der Waals surface area contributed by atoms with Crippen molar-refractivity contribution in [3.63, 3.8) is 0 Å². The number of aryl methyl sites for hydroxylation is 1. The lowest BCUT2D eigenvalue weighted by molar-refractivity contribution is 0.189. The lowest BCUT2D eigenvalue weighted by Crippen LogP contribution is -2.24.